The lowest BCUT2D eigenvalue weighted by Crippen LogP contribution is -2.52. The maximum atomic E-state index is 12.5. The minimum atomic E-state index is -3.40. The van der Waals surface area contributed by atoms with Crippen molar-refractivity contribution >= 4 is 77.4 Å². The van der Waals surface area contributed by atoms with Crippen molar-refractivity contribution < 1.29 is 41.1 Å². The Kier molecular flexibility index (Phi) is 17.2. The summed E-state index contributed by atoms with van der Waals surface area (Å²) in [7, 11) is -6.70. The van der Waals surface area contributed by atoms with Crippen LogP contribution in [-0.4, -0.2) is 79.8 Å². The molecule has 0 unspecified atom stereocenters. The summed E-state index contributed by atoms with van der Waals surface area (Å²) < 4.78 is 51.9. The molecule has 5 rings (SSSR count). The number of nitrogens with zero attached hydrogens (tertiary/aromatic N) is 4. The molecule has 6 N–H and O–H groups in total. The third-order valence-corrected chi connectivity index (χ3v) is 12.1. The number of hydrazine groups is 1. The zero-order chi connectivity index (χ0) is 45.4. The summed E-state index contributed by atoms with van der Waals surface area (Å²) in [6.45, 7) is 20.6. The molecule has 1 aromatic heterocycles. The summed E-state index contributed by atoms with van der Waals surface area (Å²) in [5, 5.41) is 34.9. The number of hydrogen-bond donors (Lipinski definition) is 6. The number of nitrogens with one attached hydrogen (secondary N) is 4. The zero-order valence-electron chi connectivity index (χ0n) is 33.4. The van der Waals surface area contributed by atoms with E-state index in [0.29, 0.717) is 38.8 Å². The smallest absolute Gasteiger partial charge is 0.269 e. The summed E-state index contributed by atoms with van der Waals surface area (Å²) in [6.07, 6.45) is 0.162. The van der Waals surface area contributed by atoms with E-state index < -0.39 is 55.8 Å². The summed E-state index contributed by atoms with van der Waals surface area (Å²) in [5.74, 6) is -1.05. The number of carbonyl (C=O) groups is 2. The first-order valence-corrected chi connectivity index (χ1v) is 22.4. The molecule has 0 fully saturated rings. The molecule has 17 nitrogen and oxygen atoms in total. The fourth-order valence-corrected chi connectivity index (χ4v) is 7.07. The molecular formula is C41H44Cl2N8O9S2. The second-order valence-corrected chi connectivity index (χ2v) is 18.4. The van der Waals surface area contributed by atoms with Crippen LogP contribution in [0.4, 0.5) is 22.7 Å². The number of rotatable bonds is 12. The van der Waals surface area contributed by atoms with Gasteiger partial charge < -0.3 is 25.3 Å². The Morgan fingerprint density at radius 3 is 1.61 bits per heavy atom. The van der Waals surface area contributed by atoms with Crippen molar-refractivity contribution in [3.63, 3.8) is 0 Å². The minimum absolute atomic E-state index is 0. The van der Waals surface area contributed by atoms with Gasteiger partial charge >= 0.3 is 0 Å². The average Bonchev–Trinajstić information content (AvgIpc) is 3.70. The summed E-state index contributed by atoms with van der Waals surface area (Å²) in [6, 6.07) is 15.7. The summed E-state index contributed by atoms with van der Waals surface area (Å²) >= 11 is 12.4. The number of hydrogen-bond acceptors (Lipinski definition) is 13. The van der Waals surface area contributed by atoms with Gasteiger partial charge in [-0.3, -0.25) is 20.4 Å². The molecule has 2 amide bonds. The van der Waals surface area contributed by atoms with E-state index in [-0.39, 0.29) is 45.3 Å². The molecule has 0 aliphatic rings. The van der Waals surface area contributed by atoms with Crippen molar-refractivity contribution in [2.45, 2.75) is 69.2 Å². The van der Waals surface area contributed by atoms with Crippen LogP contribution in [0, 0.1) is 27.0 Å². The molecule has 0 radical (unpaired) electrons. The van der Waals surface area contributed by atoms with Gasteiger partial charge in [0.25, 0.3) is 11.8 Å². The molecule has 0 aliphatic heterocycles. The van der Waals surface area contributed by atoms with Crippen LogP contribution in [0.2, 0.25) is 10.0 Å². The van der Waals surface area contributed by atoms with E-state index in [4.69, 9.17) is 40.8 Å². The number of carbonyl (C=O) groups excluding carboxylic acids is 2. The van der Waals surface area contributed by atoms with Crippen molar-refractivity contribution in [2.75, 3.05) is 23.1 Å². The van der Waals surface area contributed by atoms with Crippen LogP contribution in [0.1, 0.15) is 54.7 Å². The monoisotopic (exact) mass is 926 g/mol. The predicted octanol–water partition coefficient (Wildman–Crippen LogP) is 7.05. The molecule has 328 valence electrons. The van der Waals surface area contributed by atoms with Crippen LogP contribution < -0.4 is 21.5 Å². The highest BCUT2D eigenvalue weighted by Gasteiger charge is 2.27. The van der Waals surface area contributed by atoms with E-state index >= 15 is 0 Å². The van der Waals surface area contributed by atoms with Crippen molar-refractivity contribution in [2.24, 2.45) is 0 Å². The van der Waals surface area contributed by atoms with Crippen molar-refractivity contribution in [3.05, 3.63) is 128 Å². The summed E-state index contributed by atoms with van der Waals surface area (Å²) in [5.41, 5.74) is 7.98. The molecule has 62 heavy (non-hydrogen) atoms. The topological polar surface area (TPSA) is 239 Å². The molecule has 0 bridgehead atoms. The molecule has 21 heteroatoms. The number of aliphatic hydroxyl groups excluding tert-OH is 2. The van der Waals surface area contributed by atoms with Crippen molar-refractivity contribution in [1.82, 2.24) is 21.0 Å². The van der Waals surface area contributed by atoms with Gasteiger partial charge in [0.2, 0.25) is 23.2 Å². The van der Waals surface area contributed by atoms with Crippen molar-refractivity contribution in [3.8, 4) is 11.5 Å². The summed E-state index contributed by atoms with van der Waals surface area (Å²) in [4.78, 5) is 31.7. The third kappa shape index (κ3) is 12.5. The normalized spacial score (nSPS) is 13.0. The Hall–Kier alpha value is -6.06. The van der Waals surface area contributed by atoms with E-state index in [1.807, 2.05) is 0 Å². The largest absolute Gasteiger partial charge is 0.418 e. The molecule has 0 saturated carbocycles. The highest BCUT2D eigenvalue weighted by atomic mass is 35.5. The van der Waals surface area contributed by atoms with Gasteiger partial charge in [0.05, 0.1) is 45.2 Å². The lowest BCUT2D eigenvalue weighted by Gasteiger charge is -2.23. The molecule has 4 aromatic carbocycles. The SMILES string of the molecule is C.[C-]#[N+]c1ccc(N[C@@H](C(=O)NNC(=O)c2ccc(S(C)(=O)=O)cc2)[C@H](C)O)c(C)c1Cl.[C-]#[N+]c1ccc(N[C@@H](c2nnc(-c3ccc(S(C)(=O)=O)cc3)o2)[C@H](C)O)c(C)c1Cl. The maximum Gasteiger partial charge on any atom is 0.269 e. The van der Waals surface area contributed by atoms with Crippen LogP contribution in [0.25, 0.3) is 21.1 Å². The average molecular weight is 928 g/mol. The highest BCUT2D eigenvalue weighted by Crippen LogP contribution is 2.36. The number of anilines is 2. The van der Waals surface area contributed by atoms with Crippen LogP contribution in [-0.2, 0) is 24.5 Å². The van der Waals surface area contributed by atoms with E-state index in [1.54, 1.807) is 51.1 Å². The van der Waals surface area contributed by atoms with Gasteiger partial charge in [-0.25, -0.2) is 26.5 Å². The first kappa shape index (κ1) is 50.3. The molecule has 5 aromatic rings. The van der Waals surface area contributed by atoms with Gasteiger partial charge in [-0.2, -0.15) is 0 Å². The van der Waals surface area contributed by atoms with Gasteiger partial charge in [0.1, 0.15) is 12.1 Å². The van der Waals surface area contributed by atoms with Gasteiger partial charge in [0, 0.05) is 35.0 Å². The Labute approximate surface area is 369 Å². The second kappa shape index (κ2) is 21.1. The number of amides is 2. The Bertz CT molecular complexity index is 2730. The molecular weight excluding hydrogens is 884 g/mol. The zero-order valence-corrected chi connectivity index (χ0v) is 36.5. The lowest BCUT2D eigenvalue weighted by atomic mass is 10.1. The van der Waals surface area contributed by atoms with Crippen LogP contribution >= 0.6 is 23.2 Å². The first-order chi connectivity index (χ1) is 28.6. The van der Waals surface area contributed by atoms with Crippen LogP contribution in [0.15, 0.2) is 87.0 Å². The van der Waals surface area contributed by atoms with Gasteiger partial charge in [0.15, 0.2) is 19.7 Å². The number of aliphatic hydroxyl groups is 2. The first-order valence-electron chi connectivity index (χ1n) is 17.8. The van der Waals surface area contributed by atoms with E-state index in [9.17, 15) is 36.6 Å². The van der Waals surface area contributed by atoms with Gasteiger partial charge in [-0.1, -0.05) is 42.8 Å². The predicted molar refractivity (Wildman–Crippen MR) is 237 cm³/mol. The Morgan fingerprint density at radius 1 is 0.710 bits per heavy atom. The lowest BCUT2D eigenvalue weighted by molar-refractivity contribution is -0.124. The van der Waals surface area contributed by atoms with Crippen molar-refractivity contribution in [1.29, 1.82) is 0 Å². The standard InChI is InChI=1S/C20H21ClN4O5S.C20H19ClN4O4S.CH4/c1-11-15(9-10-16(22-3)17(11)21)23-18(12(2)26)20(28)25-24-19(27)13-5-7-14(8-6-13)31(4,29)30;1-11-15(9-10-16(22-3)17(11)21)23-18(12(2)26)20-25-24-19(29-20)13-5-7-14(8-6-13)30(4,27)28;/h5-10,12,18,23,26H,1-2,4H3,(H,24,27)(H,25,28);5-10,12,18,23,26H,1-2,4H3;1H4/t2*12-,18+;/m00./s1. The quantitative estimate of drug-likeness (QED) is 0.0544. The van der Waals surface area contributed by atoms with Crippen LogP contribution in [0.5, 0.6) is 0 Å². The fraction of sp³-hybridized carbons (Fsp3) is 0.268. The fourth-order valence-electron chi connectivity index (χ4n) is 5.40. The number of aromatic nitrogens is 2. The van der Waals surface area contributed by atoms with Crippen LogP contribution in [0.3, 0.4) is 0 Å². The highest BCUT2D eigenvalue weighted by molar-refractivity contribution is 7.91. The van der Waals surface area contributed by atoms with E-state index in [0.717, 1.165) is 12.5 Å². The van der Waals surface area contributed by atoms with E-state index in [2.05, 4.69) is 41.4 Å². The molecule has 4 atom stereocenters. The number of halogens is 2. The van der Waals surface area contributed by atoms with E-state index in [1.165, 1.54) is 49.4 Å². The number of sulfone groups is 2. The molecule has 1 heterocycles. The Balaban J connectivity index is 0.000000325. The van der Waals surface area contributed by atoms with Gasteiger partial charge in [-0.05, 0) is 99.5 Å². The molecule has 0 aliphatic carbocycles. The third-order valence-electron chi connectivity index (χ3n) is 8.92. The van der Waals surface area contributed by atoms with Gasteiger partial charge in [-0.15, -0.1) is 10.2 Å². The number of benzene rings is 4. The molecule has 0 spiro atoms. The Morgan fingerprint density at radius 2 is 1.18 bits per heavy atom. The maximum absolute atomic E-state index is 12.5. The molecule has 0 saturated heterocycles. The second-order valence-electron chi connectivity index (χ2n) is 13.6. The minimum Gasteiger partial charge on any atom is -0.418 e.